The summed E-state index contributed by atoms with van der Waals surface area (Å²) in [5.74, 6) is -0.502. The average molecular weight is 375 g/mol. The number of hydrogen-bond acceptors (Lipinski definition) is 4. The standard InChI is InChI=1S/C20H22FNO3S/c1-14-3-9-18-15(13-14)4-10-19(22-2)20(18,11-12-23)26(24,25)17-7-5-16(21)6-8-17/h3,5-9,12-13,19,22H,4,10-11H2,1-2H3. The SMILES string of the molecule is CNC1CCc2cc(C)ccc2C1(CC=O)S(=O)(=O)c1ccc(F)cc1. The van der Waals surface area contributed by atoms with Crippen molar-refractivity contribution >= 4 is 16.1 Å². The molecule has 0 aliphatic heterocycles. The number of hydrogen-bond donors (Lipinski definition) is 1. The molecule has 2 aromatic carbocycles. The number of rotatable bonds is 5. The molecule has 0 bridgehead atoms. The Balaban J connectivity index is 2.32. The summed E-state index contributed by atoms with van der Waals surface area (Å²) < 4.78 is 39.3. The quantitative estimate of drug-likeness (QED) is 0.645. The molecule has 26 heavy (non-hydrogen) atoms. The highest BCUT2D eigenvalue weighted by Crippen LogP contribution is 2.47. The summed E-state index contributed by atoms with van der Waals surface area (Å²) in [7, 11) is -2.24. The molecule has 3 rings (SSSR count). The Morgan fingerprint density at radius 3 is 2.54 bits per heavy atom. The summed E-state index contributed by atoms with van der Waals surface area (Å²) in [6, 6.07) is 10.1. The molecule has 1 aliphatic rings. The summed E-state index contributed by atoms with van der Waals surface area (Å²) in [5, 5.41) is 3.11. The third kappa shape index (κ3) is 2.77. The molecule has 0 aromatic heterocycles. The van der Waals surface area contributed by atoms with E-state index in [4.69, 9.17) is 0 Å². The lowest BCUT2D eigenvalue weighted by Crippen LogP contribution is -2.55. The third-order valence-electron chi connectivity index (χ3n) is 5.32. The van der Waals surface area contributed by atoms with Gasteiger partial charge in [0, 0.05) is 12.5 Å². The van der Waals surface area contributed by atoms with Crippen LogP contribution in [0.4, 0.5) is 4.39 Å². The van der Waals surface area contributed by atoms with Crippen LogP contribution >= 0.6 is 0 Å². The predicted octanol–water partition coefficient (Wildman–Crippen LogP) is 2.93. The highest BCUT2D eigenvalue weighted by Gasteiger charge is 2.54. The van der Waals surface area contributed by atoms with Crippen molar-refractivity contribution < 1.29 is 17.6 Å². The second-order valence-electron chi connectivity index (χ2n) is 6.76. The molecule has 2 aromatic rings. The van der Waals surface area contributed by atoms with Gasteiger partial charge in [0.25, 0.3) is 0 Å². The molecule has 0 saturated heterocycles. The number of sulfone groups is 1. The molecule has 1 N–H and O–H groups in total. The molecule has 6 heteroatoms. The number of benzene rings is 2. The van der Waals surface area contributed by atoms with Crippen LogP contribution in [0, 0.1) is 12.7 Å². The normalized spacial score (nSPS) is 22.7. The fourth-order valence-electron chi connectivity index (χ4n) is 4.08. The van der Waals surface area contributed by atoms with Gasteiger partial charge in [-0.15, -0.1) is 0 Å². The van der Waals surface area contributed by atoms with E-state index in [2.05, 4.69) is 5.32 Å². The molecule has 138 valence electrons. The number of fused-ring (bicyclic) bond motifs is 1. The first kappa shape index (κ1) is 18.7. The summed E-state index contributed by atoms with van der Waals surface area (Å²) >= 11 is 0. The van der Waals surface area contributed by atoms with Gasteiger partial charge in [-0.25, -0.2) is 12.8 Å². The number of aldehydes is 1. The van der Waals surface area contributed by atoms with Crippen LogP contribution in [0.1, 0.15) is 29.5 Å². The number of halogens is 1. The summed E-state index contributed by atoms with van der Waals surface area (Å²) in [6.07, 6.45) is 1.85. The van der Waals surface area contributed by atoms with Crippen LogP contribution in [0.2, 0.25) is 0 Å². The van der Waals surface area contributed by atoms with Crippen LogP contribution < -0.4 is 5.32 Å². The topological polar surface area (TPSA) is 63.2 Å². The van der Waals surface area contributed by atoms with E-state index in [9.17, 15) is 17.6 Å². The van der Waals surface area contributed by atoms with Crippen molar-refractivity contribution in [1.29, 1.82) is 0 Å². The van der Waals surface area contributed by atoms with E-state index >= 15 is 0 Å². The van der Waals surface area contributed by atoms with E-state index in [1.54, 1.807) is 7.05 Å². The summed E-state index contributed by atoms with van der Waals surface area (Å²) in [6.45, 7) is 1.96. The maximum absolute atomic E-state index is 13.7. The fraction of sp³-hybridized carbons (Fsp3) is 0.350. The van der Waals surface area contributed by atoms with Gasteiger partial charge in [-0.1, -0.05) is 23.8 Å². The minimum Gasteiger partial charge on any atom is -0.315 e. The minimum absolute atomic E-state index is 0.0226. The van der Waals surface area contributed by atoms with E-state index in [1.807, 2.05) is 25.1 Å². The zero-order valence-corrected chi connectivity index (χ0v) is 15.6. The van der Waals surface area contributed by atoms with Crippen molar-refractivity contribution in [1.82, 2.24) is 5.32 Å². The molecule has 0 heterocycles. The zero-order valence-electron chi connectivity index (χ0n) is 14.8. The van der Waals surface area contributed by atoms with Crippen LogP contribution in [0.5, 0.6) is 0 Å². The van der Waals surface area contributed by atoms with Crippen molar-refractivity contribution in [2.75, 3.05) is 7.05 Å². The van der Waals surface area contributed by atoms with E-state index < -0.39 is 26.4 Å². The van der Waals surface area contributed by atoms with Crippen LogP contribution in [0.3, 0.4) is 0 Å². The van der Waals surface area contributed by atoms with Gasteiger partial charge in [0.1, 0.15) is 16.9 Å². The molecule has 1 aliphatic carbocycles. The van der Waals surface area contributed by atoms with E-state index in [1.165, 1.54) is 12.1 Å². The summed E-state index contributed by atoms with van der Waals surface area (Å²) in [5.41, 5.74) is 2.65. The van der Waals surface area contributed by atoms with Gasteiger partial charge in [-0.3, -0.25) is 0 Å². The molecule has 2 atom stereocenters. The number of nitrogens with one attached hydrogen (secondary N) is 1. The van der Waals surface area contributed by atoms with Crippen LogP contribution in [0.25, 0.3) is 0 Å². The van der Waals surface area contributed by atoms with Gasteiger partial charge in [-0.2, -0.15) is 0 Å². The van der Waals surface area contributed by atoms with Gasteiger partial charge in [-0.05, 0) is 62.2 Å². The summed E-state index contributed by atoms with van der Waals surface area (Å²) in [4.78, 5) is 11.6. The highest BCUT2D eigenvalue weighted by atomic mass is 32.2. The Hall–Kier alpha value is -2.05. The molecule has 0 spiro atoms. The maximum Gasteiger partial charge on any atom is 0.190 e. The zero-order chi connectivity index (χ0) is 18.9. The van der Waals surface area contributed by atoms with Crippen molar-refractivity contribution in [3.8, 4) is 0 Å². The van der Waals surface area contributed by atoms with Crippen LogP contribution in [0.15, 0.2) is 47.4 Å². The Morgan fingerprint density at radius 1 is 1.23 bits per heavy atom. The number of aryl methyl sites for hydroxylation is 2. The Bertz CT molecular complexity index is 925. The molecule has 2 unspecified atom stereocenters. The van der Waals surface area contributed by atoms with Gasteiger partial charge in [0.05, 0.1) is 4.90 Å². The number of carbonyl (C=O) groups is 1. The smallest absolute Gasteiger partial charge is 0.190 e. The van der Waals surface area contributed by atoms with Crippen molar-refractivity contribution in [2.24, 2.45) is 0 Å². The first-order valence-electron chi connectivity index (χ1n) is 8.58. The highest BCUT2D eigenvalue weighted by molar-refractivity contribution is 7.92. The molecule has 4 nitrogen and oxygen atoms in total. The van der Waals surface area contributed by atoms with Gasteiger partial charge in [0.15, 0.2) is 9.84 Å². The Morgan fingerprint density at radius 2 is 1.92 bits per heavy atom. The fourth-order valence-corrected chi connectivity index (χ4v) is 6.38. The largest absolute Gasteiger partial charge is 0.315 e. The van der Waals surface area contributed by atoms with Crippen LogP contribution in [-0.2, 0) is 25.8 Å². The average Bonchev–Trinajstić information content (AvgIpc) is 2.62. The van der Waals surface area contributed by atoms with Crippen molar-refractivity contribution in [3.63, 3.8) is 0 Å². The lowest BCUT2D eigenvalue weighted by atomic mass is 9.76. The van der Waals surface area contributed by atoms with Crippen LogP contribution in [-0.4, -0.2) is 27.8 Å². The van der Waals surface area contributed by atoms with Crippen molar-refractivity contribution in [2.45, 2.75) is 41.9 Å². The lowest BCUT2D eigenvalue weighted by molar-refractivity contribution is -0.108. The Kier molecular flexibility index (Phi) is 4.99. The minimum atomic E-state index is -3.95. The van der Waals surface area contributed by atoms with Gasteiger partial charge < -0.3 is 10.1 Å². The van der Waals surface area contributed by atoms with E-state index in [0.29, 0.717) is 18.3 Å². The number of likely N-dealkylation sites (N-methyl/N-ethyl adjacent to an activating group) is 1. The molecule has 0 radical (unpaired) electrons. The third-order valence-corrected chi connectivity index (χ3v) is 7.84. The van der Waals surface area contributed by atoms with Crippen molar-refractivity contribution in [3.05, 3.63) is 65.0 Å². The van der Waals surface area contributed by atoms with E-state index in [-0.39, 0.29) is 11.3 Å². The lowest BCUT2D eigenvalue weighted by Gasteiger charge is -2.44. The second-order valence-corrected chi connectivity index (χ2v) is 8.96. The molecule has 0 fully saturated rings. The first-order chi connectivity index (χ1) is 12.4. The first-order valence-corrected chi connectivity index (χ1v) is 10.1. The van der Waals surface area contributed by atoms with Gasteiger partial charge in [0.2, 0.25) is 0 Å². The molecule has 0 amide bonds. The Labute approximate surface area is 153 Å². The molecular weight excluding hydrogens is 353 g/mol. The maximum atomic E-state index is 13.7. The molecular formula is C20H22FNO3S. The monoisotopic (exact) mass is 375 g/mol. The second kappa shape index (κ2) is 6.93. The predicted molar refractivity (Wildman–Crippen MR) is 98.3 cm³/mol. The number of carbonyl (C=O) groups excluding carboxylic acids is 1. The molecule has 0 saturated carbocycles. The van der Waals surface area contributed by atoms with E-state index in [0.717, 1.165) is 29.7 Å². The van der Waals surface area contributed by atoms with Gasteiger partial charge >= 0.3 is 0 Å².